The van der Waals surface area contributed by atoms with Crippen molar-refractivity contribution in [2.24, 2.45) is 5.10 Å². The molecule has 1 aromatic carbocycles. The van der Waals surface area contributed by atoms with Crippen molar-refractivity contribution in [2.75, 3.05) is 10.7 Å². The molecule has 0 bridgehead atoms. The van der Waals surface area contributed by atoms with E-state index < -0.39 is 0 Å². The number of benzene rings is 1. The fraction of sp³-hybridized carbons (Fsp3) is 0.167. The third-order valence-electron chi connectivity index (χ3n) is 2.05. The summed E-state index contributed by atoms with van der Waals surface area (Å²) in [5.41, 5.74) is 4.53. The summed E-state index contributed by atoms with van der Waals surface area (Å²) in [6.45, 7) is 3.26. The van der Waals surface area contributed by atoms with Gasteiger partial charge in [-0.2, -0.15) is 15.6 Å². The Morgan fingerprint density at radius 2 is 2.00 bits per heavy atom. The fourth-order valence-corrected chi connectivity index (χ4v) is 1.26. The van der Waals surface area contributed by atoms with Crippen molar-refractivity contribution in [3.8, 4) is 12.1 Å². The molecular weight excluding hydrogens is 230 g/mol. The minimum absolute atomic E-state index is 0.145. The van der Waals surface area contributed by atoms with Gasteiger partial charge in [0.2, 0.25) is 11.6 Å². The Bertz CT molecular complexity index is 561. The average Bonchev–Trinajstić information content (AvgIpc) is 2.33. The predicted molar refractivity (Wildman–Crippen MR) is 67.8 cm³/mol. The highest BCUT2D eigenvalue weighted by atomic mass is 16.1. The van der Waals surface area contributed by atoms with Gasteiger partial charge in [0.25, 0.3) is 0 Å². The maximum Gasteiger partial charge on any atom is 0.237 e. The van der Waals surface area contributed by atoms with Crippen molar-refractivity contribution >= 4 is 23.0 Å². The summed E-state index contributed by atoms with van der Waals surface area (Å²) in [5.74, 6) is -0.145. The molecule has 0 aliphatic rings. The van der Waals surface area contributed by atoms with Crippen LogP contribution in [-0.2, 0) is 4.79 Å². The van der Waals surface area contributed by atoms with Gasteiger partial charge in [-0.05, 0) is 30.7 Å². The van der Waals surface area contributed by atoms with E-state index >= 15 is 0 Å². The Balaban J connectivity index is 2.86. The topological polar surface area (TPSA) is 101 Å². The minimum Gasteiger partial charge on any atom is -0.326 e. The van der Waals surface area contributed by atoms with Crippen molar-refractivity contribution in [3.63, 3.8) is 0 Å². The molecule has 1 aromatic rings. The highest BCUT2D eigenvalue weighted by Crippen LogP contribution is 2.19. The lowest BCUT2D eigenvalue weighted by Crippen LogP contribution is -2.07. The first-order valence-electron chi connectivity index (χ1n) is 5.09. The van der Waals surface area contributed by atoms with E-state index in [0.29, 0.717) is 11.4 Å². The standard InChI is InChI=1S/C12H11N5O/c1-8-5-10(16-17-11(6-13)7-14)3-4-12(8)15-9(2)18/h3-5,16H,1-2H3,(H,15,18). The molecule has 90 valence electrons. The van der Waals surface area contributed by atoms with Crippen LogP contribution < -0.4 is 10.7 Å². The minimum atomic E-state index is -0.251. The van der Waals surface area contributed by atoms with Crippen molar-refractivity contribution in [1.29, 1.82) is 10.5 Å². The first kappa shape index (κ1) is 13.2. The Labute approximate surface area is 105 Å². The number of anilines is 2. The molecule has 2 N–H and O–H groups in total. The number of nitrogens with zero attached hydrogens (tertiary/aromatic N) is 3. The van der Waals surface area contributed by atoms with E-state index in [2.05, 4.69) is 15.8 Å². The first-order chi connectivity index (χ1) is 8.56. The highest BCUT2D eigenvalue weighted by Gasteiger charge is 2.01. The van der Waals surface area contributed by atoms with Crippen LogP contribution in [0.4, 0.5) is 11.4 Å². The van der Waals surface area contributed by atoms with E-state index in [-0.39, 0.29) is 11.6 Å². The molecule has 1 amide bonds. The molecule has 0 aromatic heterocycles. The predicted octanol–water partition coefficient (Wildman–Crippen LogP) is 1.77. The zero-order valence-electron chi connectivity index (χ0n) is 9.98. The third-order valence-corrected chi connectivity index (χ3v) is 2.05. The van der Waals surface area contributed by atoms with Crippen molar-refractivity contribution in [1.82, 2.24) is 0 Å². The molecule has 0 spiro atoms. The number of nitrogens with one attached hydrogen (secondary N) is 2. The summed E-state index contributed by atoms with van der Waals surface area (Å²) in [7, 11) is 0. The SMILES string of the molecule is CC(=O)Nc1ccc(NN=C(C#N)C#N)cc1C. The van der Waals surface area contributed by atoms with E-state index in [9.17, 15) is 4.79 Å². The summed E-state index contributed by atoms with van der Waals surface area (Å²) in [6, 6.07) is 8.44. The quantitative estimate of drug-likeness (QED) is 0.621. The molecule has 0 unspecified atom stereocenters. The molecule has 6 nitrogen and oxygen atoms in total. The molecule has 0 aliphatic heterocycles. The van der Waals surface area contributed by atoms with Gasteiger partial charge >= 0.3 is 0 Å². The second-order valence-corrected chi connectivity index (χ2v) is 3.51. The lowest BCUT2D eigenvalue weighted by molar-refractivity contribution is -0.114. The van der Waals surface area contributed by atoms with Crippen LogP contribution in [0.15, 0.2) is 23.3 Å². The maximum absolute atomic E-state index is 10.9. The molecule has 0 saturated carbocycles. The molecule has 1 rings (SSSR count). The average molecular weight is 241 g/mol. The van der Waals surface area contributed by atoms with Gasteiger partial charge in [0, 0.05) is 12.6 Å². The van der Waals surface area contributed by atoms with E-state index in [0.717, 1.165) is 5.56 Å². The summed E-state index contributed by atoms with van der Waals surface area (Å²) >= 11 is 0. The van der Waals surface area contributed by atoms with Crippen LogP contribution in [0.3, 0.4) is 0 Å². The number of nitriles is 2. The van der Waals surface area contributed by atoms with E-state index in [1.54, 1.807) is 30.3 Å². The lowest BCUT2D eigenvalue weighted by atomic mass is 10.2. The number of rotatable bonds is 3. The summed E-state index contributed by atoms with van der Waals surface area (Å²) in [6.07, 6.45) is 0. The number of carbonyl (C=O) groups excluding carboxylic acids is 1. The molecule has 0 atom stereocenters. The Morgan fingerprint density at radius 1 is 1.33 bits per heavy atom. The zero-order valence-corrected chi connectivity index (χ0v) is 9.98. The molecule has 0 saturated heterocycles. The molecule has 0 fully saturated rings. The van der Waals surface area contributed by atoms with Gasteiger partial charge in [0.1, 0.15) is 12.1 Å². The number of carbonyl (C=O) groups is 1. The summed E-state index contributed by atoms with van der Waals surface area (Å²) < 4.78 is 0. The largest absolute Gasteiger partial charge is 0.326 e. The van der Waals surface area contributed by atoms with E-state index in [4.69, 9.17) is 10.5 Å². The van der Waals surface area contributed by atoms with Gasteiger partial charge in [-0.1, -0.05) is 0 Å². The number of aryl methyl sites for hydroxylation is 1. The van der Waals surface area contributed by atoms with Gasteiger partial charge in [-0.3, -0.25) is 10.2 Å². The Hall–Kier alpha value is -2.86. The third kappa shape index (κ3) is 3.62. The van der Waals surface area contributed by atoms with Crippen LogP contribution in [0.2, 0.25) is 0 Å². The smallest absolute Gasteiger partial charge is 0.237 e. The van der Waals surface area contributed by atoms with Crippen LogP contribution >= 0.6 is 0 Å². The fourth-order valence-electron chi connectivity index (χ4n) is 1.26. The summed E-state index contributed by atoms with van der Waals surface area (Å²) in [4.78, 5) is 10.9. The molecular formula is C12H11N5O. The number of hydrazone groups is 1. The van der Waals surface area contributed by atoms with Crippen LogP contribution in [0.5, 0.6) is 0 Å². The normalized spacial score (nSPS) is 8.67. The number of hydrogen-bond acceptors (Lipinski definition) is 5. The van der Waals surface area contributed by atoms with Gasteiger partial charge < -0.3 is 5.32 Å². The monoisotopic (exact) mass is 241 g/mol. The number of hydrogen-bond donors (Lipinski definition) is 2. The number of amides is 1. The van der Waals surface area contributed by atoms with Gasteiger partial charge in [-0.15, -0.1) is 0 Å². The van der Waals surface area contributed by atoms with Crippen LogP contribution in [0.1, 0.15) is 12.5 Å². The van der Waals surface area contributed by atoms with Crippen molar-refractivity contribution in [2.45, 2.75) is 13.8 Å². The van der Waals surface area contributed by atoms with E-state index in [1.807, 2.05) is 6.92 Å². The molecule has 18 heavy (non-hydrogen) atoms. The van der Waals surface area contributed by atoms with Crippen molar-refractivity contribution in [3.05, 3.63) is 23.8 Å². The summed E-state index contributed by atoms with van der Waals surface area (Å²) in [5, 5.41) is 23.3. The Kier molecular flexibility index (Phi) is 4.42. The second-order valence-electron chi connectivity index (χ2n) is 3.51. The Morgan fingerprint density at radius 3 is 2.50 bits per heavy atom. The van der Waals surface area contributed by atoms with Crippen molar-refractivity contribution < 1.29 is 4.79 Å². The molecule has 0 heterocycles. The van der Waals surface area contributed by atoms with Crippen LogP contribution in [-0.4, -0.2) is 11.6 Å². The van der Waals surface area contributed by atoms with Gasteiger partial charge in [0.15, 0.2) is 0 Å². The second kappa shape index (κ2) is 6.02. The highest BCUT2D eigenvalue weighted by molar-refractivity contribution is 6.10. The first-order valence-corrected chi connectivity index (χ1v) is 5.09. The van der Waals surface area contributed by atoms with Crippen LogP contribution in [0.25, 0.3) is 0 Å². The molecule has 0 aliphatic carbocycles. The van der Waals surface area contributed by atoms with Gasteiger partial charge in [0.05, 0.1) is 5.69 Å². The lowest BCUT2D eigenvalue weighted by Gasteiger charge is -2.08. The van der Waals surface area contributed by atoms with E-state index in [1.165, 1.54) is 6.92 Å². The molecule has 6 heteroatoms. The maximum atomic E-state index is 10.9. The molecule has 0 radical (unpaired) electrons. The van der Waals surface area contributed by atoms with Gasteiger partial charge in [-0.25, -0.2) is 0 Å². The van der Waals surface area contributed by atoms with Crippen LogP contribution in [0, 0.1) is 29.6 Å². The zero-order chi connectivity index (χ0) is 13.5.